The lowest BCUT2D eigenvalue weighted by Crippen LogP contribution is -2.07. The molecule has 0 radical (unpaired) electrons. The first-order chi connectivity index (χ1) is 5.60. The summed E-state index contributed by atoms with van der Waals surface area (Å²) in [6.07, 6.45) is 2.21. The molecule has 0 amide bonds. The van der Waals surface area contributed by atoms with Crippen molar-refractivity contribution in [3.8, 4) is 0 Å². The summed E-state index contributed by atoms with van der Waals surface area (Å²) in [6.45, 7) is 6.44. The zero-order valence-corrected chi connectivity index (χ0v) is 7.78. The van der Waals surface area contributed by atoms with Gasteiger partial charge in [0, 0.05) is 0 Å². The SMILES string of the molecule is C=CC(Cl)OC(=O)SC(F)C=C. The van der Waals surface area contributed by atoms with Crippen LogP contribution in [0.2, 0.25) is 0 Å². The van der Waals surface area contributed by atoms with Gasteiger partial charge in [0.1, 0.15) is 0 Å². The van der Waals surface area contributed by atoms with Gasteiger partial charge in [0.15, 0.2) is 11.1 Å². The predicted octanol–water partition coefficient (Wildman–Crippen LogP) is 3.09. The van der Waals surface area contributed by atoms with Crippen LogP contribution in [-0.4, -0.2) is 16.4 Å². The molecule has 5 heteroatoms. The lowest BCUT2D eigenvalue weighted by molar-refractivity contribution is 0.176. The van der Waals surface area contributed by atoms with E-state index >= 15 is 0 Å². The minimum Gasteiger partial charge on any atom is -0.434 e. The van der Waals surface area contributed by atoms with E-state index in [2.05, 4.69) is 17.9 Å². The maximum absolute atomic E-state index is 12.4. The molecule has 0 aromatic heterocycles. The minimum absolute atomic E-state index is 0.365. The third-order valence-electron chi connectivity index (χ3n) is 0.788. The van der Waals surface area contributed by atoms with E-state index < -0.39 is 16.4 Å². The van der Waals surface area contributed by atoms with Gasteiger partial charge in [-0.05, 0) is 23.9 Å². The Kier molecular flexibility index (Phi) is 5.84. The van der Waals surface area contributed by atoms with Gasteiger partial charge < -0.3 is 4.74 Å². The quantitative estimate of drug-likeness (QED) is 0.405. The second kappa shape index (κ2) is 6.08. The molecule has 0 rings (SSSR count). The molecule has 0 spiro atoms. The van der Waals surface area contributed by atoms with Crippen molar-refractivity contribution in [3.63, 3.8) is 0 Å². The summed E-state index contributed by atoms with van der Waals surface area (Å²) < 4.78 is 16.9. The first-order valence-corrected chi connectivity index (χ1v) is 4.32. The average Bonchev–Trinajstić information content (AvgIpc) is 2.03. The Balaban J connectivity index is 3.73. The molecule has 0 saturated carbocycles. The highest BCUT2D eigenvalue weighted by atomic mass is 35.5. The number of carbonyl (C=O) groups is 1. The van der Waals surface area contributed by atoms with E-state index in [9.17, 15) is 9.18 Å². The van der Waals surface area contributed by atoms with Gasteiger partial charge in [-0.2, -0.15) is 0 Å². The Morgan fingerprint density at radius 1 is 1.58 bits per heavy atom. The maximum Gasteiger partial charge on any atom is 0.372 e. The van der Waals surface area contributed by atoms with Crippen molar-refractivity contribution in [2.75, 3.05) is 0 Å². The van der Waals surface area contributed by atoms with Gasteiger partial charge in [-0.15, -0.1) is 0 Å². The summed E-state index contributed by atoms with van der Waals surface area (Å²) in [4.78, 5) is 10.7. The average molecular weight is 211 g/mol. The third kappa shape index (κ3) is 5.21. The van der Waals surface area contributed by atoms with Crippen LogP contribution in [0.15, 0.2) is 25.3 Å². The number of alkyl halides is 2. The molecule has 2 atom stereocenters. The fourth-order valence-electron chi connectivity index (χ4n) is 0.308. The van der Waals surface area contributed by atoms with Crippen LogP contribution < -0.4 is 0 Å². The van der Waals surface area contributed by atoms with Gasteiger partial charge in [0.05, 0.1) is 0 Å². The Labute approximate surface area is 79.4 Å². The first-order valence-electron chi connectivity index (χ1n) is 3.00. The number of ether oxygens (including phenoxy) is 1. The number of rotatable bonds is 4. The maximum atomic E-state index is 12.4. The lowest BCUT2D eigenvalue weighted by Gasteiger charge is -2.06. The summed E-state index contributed by atoms with van der Waals surface area (Å²) in [5.41, 5.74) is -2.38. The molecular weight excluding hydrogens is 203 g/mol. The highest BCUT2D eigenvalue weighted by Gasteiger charge is 2.13. The van der Waals surface area contributed by atoms with Crippen LogP contribution >= 0.6 is 23.4 Å². The molecule has 2 nitrogen and oxygen atoms in total. The van der Waals surface area contributed by atoms with E-state index in [1.807, 2.05) is 0 Å². The van der Waals surface area contributed by atoms with E-state index in [0.717, 1.165) is 6.08 Å². The van der Waals surface area contributed by atoms with Crippen LogP contribution in [0.25, 0.3) is 0 Å². The summed E-state index contributed by atoms with van der Waals surface area (Å²) >= 11 is 5.73. The second-order valence-corrected chi connectivity index (χ2v) is 3.11. The van der Waals surface area contributed by atoms with Crippen LogP contribution in [0.3, 0.4) is 0 Å². The summed E-state index contributed by atoms with van der Waals surface area (Å²) in [5, 5.41) is -0.790. The van der Waals surface area contributed by atoms with Crippen LogP contribution in [0, 0.1) is 0 Å². The normalized spacial score (nSPS) is 14.5. The smallest absolute Gasteiger partial charge is 0.372 e. The molecule has 0 bridgehead atoms. The van der Waals surface area contributed by atoms with Crippen LogP contribution in [0.4, 0.5) is 9.18 Å². The van der Waals surface area contributed by atoms with Crippen molar-refractivity contribution in [1.82, 2.24) is 0 Å². The summed E-state index contributed by atoms with van der Waals surface area (Å²) in [6, 6.07) is 0. The molecule has 0 saturated heterocycles. The fraction of sp³-hybridized carbons (Fsp3) is 0.286. The number of halogens is 2. The number of hydrogen-bond acceptors (Lipinski definition) is 3. The molecule has 0 aromatic carbocycles. The summed E-state index contributed by atoms with van der Waals surface area (Å²) in [7, 11) is 0. The Hall–Kier alpha value is -0.480. The number of hydrogen-bond donors (Lipinski definition) is 0. The van der Waals surface area contributed by atoms with Crippen molar-refractivity contribution in [2.45, 2.75) is 11.1 Å². The Morgan fingerprint density at radius 2 is 2.17 bits per heavy atom. The molecule has 0 aliphatic carbocycles. The molecule has 0 fully saturated rings. The Bertz CT molecular complexity index is 168. The van der Waals surface area contributed by atoms with Crippen molar-refractivity contribution in [1.29, 1.82) is 0 Å². The van der Waals surface area contributed by atoms with E-state index in [-0.39, 0.29) is 0 Å². The molecule has 0 aliphatic rings. The van der Waals surface area contributed by atoms with Gasteiger partial charge >= 0.3 is 5.30 Å². The zero-order valence-electron chi connectivity index (χ0n) is 6.20. The van der Waals surface area contributed by atoms with Gasteiger partial charge in [-0.3, -0.25) is 0 Å². The van der Waals surface area contributed by atoms with Crippen molar-refractivity contribution < 1.29 is 13.9 Å². The van der Waals surface area contributed by atoms with Gasteiger partial charge in [0.25, 0.3) is 0 Å². The fourth-order valence-corrected chi connectivity index (χ4v) is 0.881. The van der Waals surface area contributed by atoms with E-state index in [1.165, 1.54) is 6.08 Å². The lowest BCUT2D eigenvalue weighted by atomic mass is 10.7. The summed E-state index contributed by atoms with van der Waals surface area (Å²) in [5.74, 6) is 0. The molecule has 2 unspecified atom stereocenters. The van der Waals surface area contributed by atoms with Crippen molar-refractivity contribution in [2.24, 2.45) is 0 Å². The second-order valence-electron chi connectivity index (χ2n) is 1.66. The standard InChI is InChI=1S/C7H8ClFO2S/c1-3-5(8)11-7(10)12-6(9)4-2/h3-6H,1-2H2. The molecule has 12 heavy (non-hydrogen) atoms. The van der Waals surface area contributed by atoms with Crippen molar-refractivity contribution in [3.05, 3.63) is 25.3 Å². The Morgan fingerprint density at radius 3 is 2.58 bits per heavy atom. The van der Waals surface area contributed by atoms with E-state index in [1.54, 1.807) is 0 Å². The molecule has 0 N–H and O–H groups in total. The van der Waals surface area contributed by atoms with Crippen molar-refractivity contribution >= 4 is 28.7 Å². The number of thioether (sulfide) groups is 1. The monoisotopic (exact) mass is 210 g/mol. The first kappa shape index (κ1) is 11.5. The highest BCUT2D eigenvalue weighted by Crippen LogP contribution is 2.17. The predicted molar refractivity (Wildman–Crippen MR) is 49.0 cm³/mol. The molecule has 68 valence electrons. The van der Waals surface area contributed by atoms with Gasteiger partial charge in [-0.25, -0.2) is 9.18 Å². The third-order valence-corrected chi connectivity index (χ3v) is 1.76. The van der Waals surface area contributed by atoms with Gasteiger partial charge in [0.2, 0.25) is 0 Å². The minimum atomic E-state index is -1.47. The number of carbonyl (C=O) groups excluding carboxylic acids is 1. The topological polar surface area (TPSA) is 26.3 Å². The largest absolute Gasteiger partial charge is 0.434 e. The molecule has 0 aliphatic heterocycles. The van der Waals surface area contributed by atoms with Crippen LogP contribution in [0.5, 0.6) is 0 Å². The molecule has 0 heterocycles. The molecular formula is C7H8ClFO2S. The van der Waals surface area contributed by atoms with E-state index in [4.69, 9.17) is 11.6 Å². The van der Waals surface area contributed by atoms with Crippen LogP contribution in [-0.2, 0) is 4.74 Å². The van der Waals surface area contributed by atoms with Crippen LogP contribution in [0.1, 0.15) is 0 Å². The van der Waals surface area contributed by atoms with E-state index in [0.29, 0.717) is 11.8 Å². The zero-order chi connectivity index (χ0) is 9.56. The highest BCUT2D eigenvalue weighted by molar-refractivity contribution is 8.13. The van der Waals surface area contributed by atoms with Gasteiger partial charge in [-0.1, -0.05) is 24.8 Å². The molecule has 0 aromatic rings.